The quantitative estimate of drug-likeness (QED) is 0.254. The fraction of sp³-hybridized carbons (Fsp3) is 1.00. The van der Waals surface area contributed by atoms with Gasteiger partial charge in [-0.3, -0.25) is 0 Å². The fourth-order valence-corrected chi connectivity index (χ4v) is 3.83. The van der Waals surface area contributed by atoms with Crippen molar-refractivity contribution in [1.29, 1.82) is 0 Å². The number of hydrogen-bond donors (Lipinski definition) is 1. The second-order valence-electron chi connectivity index (χ2n) is 6.75. The maximum absolute atomic E-state index is 11.2. The zero-order valence-corrected chi connectivity index (χ0v) is 19.0. The van der Waals surface area contributed by atoms with Gasteiger partial charge in [-0.05, 0) is 25.7 Å². The molecule has 6 heteroatoms. The summed E-state index contributed by atoms with van der Waals surface area (Å²) in [4.78, 5) is 0. The minimum Gasteiger partial charge on any atom is -0.748 e. The molecule has 2 unspecified atom stereocenters. The van der Waals surface area contributed by atoms with Crippen molar-refractivity contribution in [1.82, 2.24) is 0 Å². The van der Waals surface area contributed by atoms with E-state index in [4.69, 9.17) is 0 Å². The third-order valence-corrected chi connectivity index (χ3v) is 5.78. The van der Waals surface area contributed by atoms with Crippen LogP contribution in [0.2, 0.25) is 0 Å². The molecule has 0 saturated carbocycles. The Kier molecular flexibility index (Phi) is 19.5. The first-order valence-electron chi connectivity index (χ1n) is 9.54. The summed E-state index contributed by atoms with van der Waals surface area (Å²) in [5.41, 5.74) is 0. The summed E-state index contributed by atoms with van der Waals surface area (Å²) >= 11 is 0. The predicted octanol–water partition coefficient (Wildman–Crippen LogP) is 1.77. The van der Waals surface area contributed by atoms with Gasteiger partial charge in [-0.15, -0.1) is 0 Å². The molecule has 0 heterocycles. The third kappa shape index (κ3) is 16.3. The molecular weight excluding hydrogens is 335 g/mol. The second kappa shape index (κ2) is 17.3. The summed E-state index contributed by atoms with van der Waals surface area (Å²) in [5, 5.41) is 9.13. The summed E-state index contributed by atoms with van der Waals surface area (Å²) in [5.74, 6) is 0. The van der Waals surface area contributed by atoms with Crippen LogP contribution < -0.4 is 29.6 Å². The molecule has 0 saturated heterocycles. The number of hydrogen-bond acceptors (Lipinski definition) is 4. The van der Waals surface area contributed by atoms with Crippen molar-refractivity contribution in [3.05, 3.63) is 0 Å². The molecule has 0 aromatic heterocycles. The first-order chi connectivity index (χ1) is 10.9. The van der Waals surface area contributed by atoms with E-state index in [0.717, 1.165) is 64.2 Å². The van der Waals surface area contributed by atoms with Crippen LogP contribution >= 0.6 is 0 Å². The average Bonchev–Trinajstić information content (AvgIpc) is 2.48. The van der Waals surface area contributed by atoms with E-state index in [9.17, 15) is 18.1 Å². The molecule has 0 aromatic carbocycles. The molecule has 0 bridgehead atoms. The van der Waals surface area contributed by atoms with Crippen molar-refractivity contribution in [2.75, 3.05) is 0 Å². The summed E-state index contributed by atoms with van der Waals surface area (Å²) in [7, 11) is -4.14. The molecule has 0 aliphatic rings. The van der Waals surface area contributed by atoms with Crippen molar-refractivity contribution in [2.24, 2.45) is 0 Å². The predicted molar refractivity (Wildman–Crippen MR) is 95.5 cm³/mol. The number of aliphatic hydroxyl groups excluding tert-OH is 1. The van der Waals surface area contributed by atoms with Crippen LogP contribution in [-0.4, -0.2) is 29.4 Å². The van der Waals surface area contributed by atoms with Crippen LogP contribution in [0.3, 0.4) is 0 Å². The number of aliphatic hydroxyl groups is 1. The van der Waals surface area contributed by atoms with Crippen molar-refractivity contribution >= 4 is 10.1 Å². The van der Waals surface area contributed by atoms with Gasteiger partial charge in [0.2, 0.25) is 0 Å². The topological polar surface area (TPSA) is 77.4 Å². The van der Waals surface area contributed by atoms with E-state index in [1.165, 1.54) is 12.8 Å². The standard InChI is InChI=1S/C18H38O4S.Na/c1-3-5-10-13-17(19)14-11-8-7-9-12-16-18(15-6-4-2)23(20,21)22;/h17-19H,3-16H2,1-2H3,(H,20,21,22);/q;+1/p-1. The molecule has 140 valence electrons. The van der Waals surface area contributed by atoms with Gasteiger partial charge in [-0.1, -0.05) is 78.1 Å². The van der Waals surface area contributed by atoms with Crippen LogP contribution in [0.1, 0.15) is 104 Å². The van der Waals surface area contributed by atoms with Gasteiger partial charge in [0.05, 0.1) is 16.2 Å². The Labute approximate surface area is 172 Å². The van der Waals surface area contributed by atoms with Crippen LogP contribution in [0.25, 0.3) is 0 Å². The summed E-state index contributed by atoms with van der Waals surface area (Å²) in [6.07, 6.45) is 12.8. The van der Waals surface area contributed by atoms with E-state index in [1.54, 1.807) is 0 Å². The van der Waals surface area contributed by atoms with Crippen molar-refractivity contribution < 1.29 is 47.6 Å². The van der Waals surface area contributed by atoms with Gasteiger partial charge in [-0.25, -0.2) is 8.42 Å². The summed E-state index contributed by atoms with van der Waals surface area (Å²) in [6.45, 7) is 4.17. The van der Waals surface area contributed by atoms with E-state index in [2.05, 4.69) is 6.92 Å². The molecule has 0 radical (unpaired) electrons. The van der Waals surface area contributed by atoms with E-state index < -0.39 is 15.4 Å². The SMILES string of the molecule is CCCCCC(O)CCCCCCCC(CCCC)S(=O)(=O)[O-].[Na+]. The van der Waals surface area contributed by atoms with Gasteiger partial charge in [-0.2, -0.15) is 0 Å². The average molecular weight is 373 g/mol. The number of rotatable bonds is 16. The molecule has 0 aliphatic carbocycles. The fourth-order valence-electron chi connectivity index (χ4n) is 2.92. The Bertz CT molecular complexity index is 360. The van der Waals surface area contributed by atoms with Gasteiger partial charge in [0.15, 0.2) is 0 Å². The third-order valence-electron chi connectivity index (χ3n) is 4.49. The first-order valence-corrected chi connectivity index (χ1v) is 11.0. The maximum Gasteiger partial charge on any atom is 1.00 e. The van der Waals surface area contributed by atoms with E-state index in [0.29, 0.717) is 12.8 Å². The van der Waals surface area contributed by atoms with E-state index in [1.807, 2.05) is 6.92 Å². The zero-order chi connectivity index (χ0) is 17.6. The van der Waals surface area contributed by atoms with E-state index in [-0.39, 0.29) is 35.7 Å². The molecule has 2 atom stereocenters. The Morgan fingerprint density at radius 2 is 1.17 bits per heavy atom. The van der Waals surface area contributed by atoms with Crippen molar-refractivity contribution in [3.63, 3.8) is 0 Å². The van der Waals surface area contributed by atoms with E-state index >= 15 is 0 Å². The van der Waals surface area contributed by atoms with Gasteiger partial charge in [0.25, 0.3) is 0 Å². The van der Waals surface area contributed by atoms with Gasteiger partial charge in [0.1, 0.15) is 0 Å². The normalized spacial score (nSPS) is 14.2. The minimum atomic E-state index is -4.14. The Balaban J connectivity index is 0. The van der Waals surface area contributed by atoms with Crippen molar-refractivity contribution in [2.45, 2.75) is 115 Å². The van der Waals surface area contributed by atoms with Crippen LogP contribution in [-0.2, 0) is 10.1 Å². The molecular formula is C18H37NaO4S. The van der Waals surface area contributed by atoms with Gasteiger partial charge in [0, 0.05) is 5.25 Å². The largest absolute Gasteiger partial charge is 1.00 e. The monoisotopic (exact) mass is 372 g/mol. The Hall–Kier alpha value is 0.870. The molecule has 0 spiro atoms. The molecule has 1 N–H and O–H groups in total. The number of unbranched alkanes of at least 4 members (excludes halogenated alkanes) is 7. The molecule has 0 rings (SSSR count). The van der Waals surface area contributed by atoms with Crippen molar-refractivity contribution in [3.8, 4) is 0 Å². The first kappa shape index (κ1) is 27.1. The summed E-state index contributed by atoms with van der Waals surface area (Å²) < 4.78 is 33.6. The molecule has 24 heavy (non-hydrogen) atoms. The zero-order valence-electron chi connectivity index (χ0n) is 16.1. The molecule has 4 nitrogen and oxygen atoms in total. The molecule has 0 aromatic rings. The molecule has 0 aliphatic heterocycles. The minimum absolute atomic E-state index is 0. The van der Waals surface area contributed by atoms with Crippen LogP contribution in [0, 0.1) is 0 Å². The van der Waals surface area contributed by atoms with Crippen LogP contribution in [0.5, 0.6) is 0 Å². The van der Waals surface area contributed by atoms with Gasteiger partial charge < -0.3 is 9.66 Å². The van der Waals surface area contributed by atoms with Gasteiger partial charge >= 0.3 is 29.6 Å². The molecule has 0 fully saturated rings. The Morgan fingerprint density at radius 1 is 0.750 bits per heavy atom. The van der Waals surface area contributed by atoms with Crippen LogP contribution in [0.4, 0.5) is 0 Å². The maximum atomic E-state index is 11.2. The molecule has 0 amide bonds. The Morgan fingerprint density at radius 3 is 1.67 bits per heavy atom. The van der Waals surface area contributed by atoms with Crippen LogP contribution in [0.15, 0.2) is 0 Å². The second-order valence-corrected chi connectivity index (χ2v) is 8.40. The summed E-state index contributed by atoms with van der Waals surface area (Å²) in [6, 6.07) is 0. The smallest absolute Gasteiger partial charge is 0.748 e.